The van der Waals surface area contributed by atoms with Crippen LogP contribution < -0.4 is 5.32 Å². The summed E-state index contributed by atoms with van der Waals surface area (Å²) in [5.41, 5.74) is 0.143. The summed E-state index contributed by atoms with van der Waals surface area (Å²) < 4.78 is 52.9. The van der Waals surface area contributed by atoms with Crippen LogP contribution >= 0.6 is 0 Å². The summed E-state index contributed by atoms with van der Waals surface area (Å²) in [6.45, 7) is 4.03. The highest BCUT2D eigenvalue weighted by Gasteiger charge is 2.24. The molecule has 2 rings (SSSR count). The van der Waals surface area contributed by atoms with E-state index in [9.17, 15) is 22.4 Å². The fourth-order valence-electron chi connectivity index (χ4n) is 2.13. The summed E-state index contributed by atoms with van der Waals surface area (Å²) in [5.74, 6) is -8.28. The molecule has 0 aromatic heterocycles. The molecule has 0 fully saturated rings. The number of ketones is 1. The van der Waals surface area contributed by atoms with E-state index in [1.165, 1.54) is 0 Å². The molecule has 6 heteroatoms. The molecule has 126 valence electrons. The van der Waals surface area contributed by atoms with E-state index < -0.39 is 34.6 Å². The molecular weight excluding hydrogens is 322 g/mol. The highest BCUT2D eigenvalue weighted by atomic mass is 19.2. The van der Waals surface area contributed by atoms with Crippen molar-refractivity contribution in [2.45, 2.75) is 6.42 Å². The maximum absolute atomic E-state index is 13.6. The number of benzene rings is 2. The lowest BCUT2D eigenvalue weighted by Crippen LogP contribution is -2.23. The minimum Gasteiger partial charge on any atom is -0.312 e. The first kappa shape index (κ1) is 17.9. The van der Waals surface area contributed by atoms with Crippen molar-refractivity contribution in [2.75, 3.05) is 13.1 Å². The lowest BCUT2D eigenvalue weighted by Gasteiger charge is -2.09. The van der Waals surface area contributed by atoms with Crippen molar-refractivity contribution in [1.82, 2.24) is 5.32 Å². The van der Waals surface area contributed by atoms with Crippen molar-refractivity contribution >= 4 is 5.78 Å². The van der Waals surface area contributed by atoms with Gasteiger partial charge < -0.3 is 5.32 Å². The minimum absolute atomic E-state index is 0.0196. The molecule has 0 spiro atoms. The highest BCUT2D eigenvalue weighted by molar-refractivity contribution is 6.08. The second-order valence-electron chi connectivity index (χ2n) is 5.19. The second-order valence-corrected chi connectivity index (χ2v) is 5.19. The van der Waals surface area contributed by atoms with Crippen LogP contribution in [-0.4, -0.2) is 18.9 Å². The third-order valence-electron chi connectivity index (χ3n) is 3.44. The Kier molecular flexibility index (Phi) is 5.87. The van der Waals surface area contributed by atoms with Gasteiger partial charge in [-0.05, 0) is 24.6 Å². The number of hydrogen-bond acceptors (Lipinski definition) is 2. The maximum Gasteiger partial charge on any atom is 0.198 e. The van der Waals surface area contributed by atoms with Gasteiger partial charge in [-0.15, -0.1) is 0 Å². The third kappa shape index (κ3) is 4.08. The molecule has 0 aliphatic rings. The molecule has 0 aliphatic carbocycles. The molecule has 0 radical (unpaired) electrons. The first-order valence-electron chi connectivity index (χ1n) is 7.22. The van der Waals surface area contributed by atoms with E-state index in [4.69, 9.17) is 0 Å². The summed E-state index contributed by atoms with van der Waals surface area (Å²) in [6.07, 6.45) is 0.705. The fourth-order valence-corrected chi connectivity index (χ4v) is 2.13. The lowest BCUT2D eigenvalue weighted by atomic mass is 10.0. The average Bonchev–Trinajstić information content (AvgIpc) is 2.60. The largest absolute Gasteiger partial charge is 0.312 e. The van der Waals surface area contributed by atoms with E-state index in [0.29, 0.717) is 19.0 Å². The van der Waals surface area contributed by atoms with Gasteiger partial charge in [0.15, 0.2) is 29.1 Å². The van der Waals surface area contributed by atoms with Crippen LogP contribution in [0, 0.1) is 23.3 Å². The quantitative estimate of drug-likeness (QED) is 0.208. The molecule has 0 bridgehead atoms. The Hall–Kier alpha value is -2.47. The van der Waals surface area contributed by atoms with Crippen molar-refractivity contribution in [3.05, 3.63) is 82.9 Å². The van der Waals surface area contributed by atoms with Gasteiger partial charge in [-0.25, -0.2) is 17.6 Å². The predicted octanol–water partition coefficient (Wildman–Crippen LogP) is 3.81. The smallest absolute Gasteiger partial charge is 0.198 e. The van der Waals surface area contributed by atoms with Crippen LogP contribution in [0.25, 0.3) is 0 Å². The van der Waals surface area contributed by atoms with Crippen LogP contribution in [0.5, 0.6) is 0 Å². The Morgan fingerprint density at radius 2 is 1.67 bits per heavy atom. The molecule has 0 saturated heterocycles. The van der Waals surface area contributed by atoms with Crippen molar-refractivity contribution < 1.29 is 22.4 Å². The second kappa shape index (κ2) is 7.88. The van der Waals surface area contributed by atoms with Crippen molar-refractivity contribution in [3.63, 3.8) is 0 Å². The Balaban J connectivity index is 1.94. The minimum atomic E-state index is -2.01. The van der Waals surface area contributed by atoms with Crippen LogP contribution in [0.2, 0.25) is 0 Å². The Morgan fingerprint density at radius 3 is 2.33 bits per heavy atom. The molecule has 0 unspecified atom stereocenters. The van der Waals surface area contributed by atoms with E-state index >= 15 is 0 Å². The average molecular weight is 337 g/mol. The van der Waals surface area contributed by atoms with Crippen molar-refractivity contribution in [2.24, 2.45) is 0 Å². The summed E-state index contributed by atoms with van der Waals surface area (Å²) in [5, 5.41) is 2.94. The molecule has 0 heterocycles. The van der Waals surface area contributed by atoms with Gasteiger partial charge in [0.2, 0.25) is 0 Å². The van der Waals surface area contributed by atoms with E-state index in [-0.39, 0.29) is 12.1 Å². The number of rotatable bonds is 7. The monoisotopic (exact) mass is 337 g/mol. The molecule has 1 N–H and O–H groups in total. The zero-order valence-corrected chi connectivity index (χ0v) is 12.7. The first-order chi connectivity index (χ1) is 11.4. The van der Waals surface area contributed by atoms with Gasteiger partial charge in [0.1, 0.15) is 0 Å². The predicted molar refractivity (Wildman–Crippen MR) is 82.8 cm³/mol. The number of Topliss-reactive ketones (excluding diaryl/α,β-unsaturated/α-hetero) is 1. The Bertz CT molecular complexity index is 759. The van der Waals surface area contributed by atoms with Crippen molar-refractivity contribution in [3.8, 4) is 0 Å². The number of halogens is 4. The molecular formula is C18H15F4NO. The zero-order chi connectivity index (χ0) is 17.7. The molecule has 0 amide bonds. The normalized spacial score (nSPS) is 10.7. The Labute approximate surface area is 136 Å². The molecule has 0 aliphatic heterocycles. The lowest BCUT2D eigenvalue weighted by molar-refractivity contribution is 0.102. The topological polar surface area (TPSA) is 29.1 Å². The number of carbonyl (C=O) groups is 1. The van der Waals surface area contributed by atoms with Gasteiger partial charge in [0.25, 0.3) is 0 Å². The summed E-state index contributed by atoms with van der Waals surface area (Å²) in [6, 6.07) is 9.93. The fraction of sp³-hybridized carbons (Fsp3) is 0.167. The number of hydrogen-bond donors (Lipinski definition) is 1. The molecule has 0 saturated carbocycles. The zero-order valence-electron chi connectivity index (χ0n) is 12.7. The van der Waals surface area contributed by atoms with Crippen LogP contribution in [-0.2, 0) is 6.42 Å². The SMILES string of the molecule is C=C(CNCCc1ccccc1)C(=O)c1cc(F)c(F)c(F)c1F. The van der Waals surface area contributed by atoms with Crippen molar-refractivity contribution in [1.29, 1.82) is 0 Å². The number of carbonyl (C=O) groups excluding carboxylic acids is 1. The maximum atomic E-state index is 13.6. The van der Waals surface area contributed by atoms with E-state index in [1.54, 1.807) is 0 Å². The highest BCUT2D eigenvalue weighted by Crippen LogP contribution is 2.20. The summed E-state index contributed by atoms with van der Waals surface area (Å²) >= 11 is 0. The first-order valence-corrected chi connectivity index (χ1v) is 7.22. The molecule has 0 atom stereocenters. The van der Waals surface area contributed by atoms with E-state index in [1.807, 2.05) is 30.3 Å². The van der Waals surface area contributed by atoms with Gasteiger partial charge in [-0.3, -0.25) is 4.79 Å². The molecule has 24 heavy (non-hydrogen) atoms. The summed E-state index contributed by atoms with van der Waals surface area (Å²) in [4.78, 5) is 12.0. The van der Waals surface area contributed by atoms with Crippen LogP contribution in [0.4, 0.5) is 17.6 Å². The van der Waals surface area contributed by atoms with Gasteiger partial charge in [0, 0.05) is 12.1 Å². The summed E-state index contributed by atoms with van der Waals surface area (Å²) in [7, 11) is 0. The molecule has 2 aromatic carbocycles. The Morgan fingerprint density at radius 1 is 1.00 bits per heavy atom. The molecule has 2 aromatic rings. The van der Waals surface area contributed by atoms with Gasteiger partial charge in [-0.2, -0.15) is 0 Å². The molecule has 2 nitrogen and oxygen atoms in total. The van der Waals surface area contributed by atoms with E-state index in [2.05, 4.69) is 11.9 Å². The van der Waals surface area contributed by atoms with Crippen LogP contribution in [0.1, 0.15) is 15.9 Å². The standard InChI is InChI=1S/C18H15F4NO/c1-11(10-23-8-7-12-5-3-2-4-6-12)18(24)13-9-14(19)16(21)17(22)15(13)20/h2-6,9,23H,1,7-8,10H2. The number of nitrogens with one attached hydrogen (secondary N) is 1. The van der Waals surface area contributed by atoms with E-state index in [0.717, 1.165) is 5.56 Å². The third-order valence-corrected chi connectivity index (χ3v) is 3.44. The van der Waals surface area contributed by atoms with Crippen LogP contribution in [0.15, 0.2) is 48.6 Å². The van der Waals surface area contributed by atoms with Gasteiger partial charge >= 0.3 is 0 Å². The van der Waals surface area contributed by atoms with Gasteiger partial charge in [0.05, 0.1) is 5.56 Å². The van der Waals surface area contributed by atoms with Gasteiger partial charge in [-0.1, -0.05) is 36.9 Å². The van der Waals surface area contributed by atoms with Crippen LogP contribution in [0.3, 0.4) is 0 Å².